The number of guanidine groups is 1. The quantitative estimate of drug-likeness (QED) is 0.234. The number of hydrogen-bond acceptors (Lipinski definition) is 2. The van der Waals surface area contributed by atoms with Crippen molar-refractivity contribution in [1.82, 2.24) is 16.0 Å². The second-order valence-electron chi connectivity index (χ2n) is 5.76. The Morgan fingerprint density at radius 2 is 1.67 bits per heavy atom. The van der Waals surface area contributed by atoms with E-state index in [2.05, 4.69) is 20.9 Å². The minimum Gasteiger partial charge on any atom is -0.357 e. The molecule has 0 radical (unpaired) electrons. The third-order valence-corrected chi connectivity index (χ3v) is 3.60. The van der Waals surface area contributed by atoms with Gasteiger partial charge in [0, 0.05) is 19.6 Å². The summed E-state index contributed by atoms with van der Waals surface area (Å²) in [4.78, 5) is 16.4. The second kappa shape index (κ2) is 13.1. The fourth-order valence-corrected chi connectivity index (χ4v) is 2.37. The largest absolute Gasteiger partial charge is 0.357 e. The Bertz CT molecular complexity index is 725. The molecule has 1 amide bonds. The number of hydrogen-bond donors (Lipinski definition) is 3. The number of amides is 1. The van der Waals surface area contributed by atoms with E-state index in [1.807, 2.05) is 37.3 Å². The van der Waals surface area contributed by atoms with Gasteiger partial charge in [-0.15, -0.1) is 24.0 Å². The molecular weight excluding hydrogens is 458 g/mol. The Morgan fingerprint density at radius 1 is 0.963 bits per heavy atom. The molecule has 0 saturated carbocycles. The highest BCUT2D eigenvalue weighted by molar-refractivity contribution is 14.0. The molecular formula is C20H26FIN4O. The number of halogens is 2. The van der Waals surface area contributed by atoms with Crippen LogP contribution in [0.5, 0.6) is 0 Å². The molecule has 0 fully saturated rings. The van der Waals surface area contributed by atoms with Gasteiger partial charge in [-0.1, -0.05) is 42.5 Å². The van der Waals surface area contributed by atoms with Crippen molar-refractivity contribution in [2.24, 2.45) is 4.99 Å². The Balaban J connectivity index is 0.00000364. The average Bonchev–Trinajstić information content (AvgIpc) is 2.64. The molecule has 7 heteroatoms. The molecule has 0 spiro atoms. The smallest absolute Gasteiger partial charge is 0.224 e. The van der Waals surface area contributed by atoms with Gasteiger partial charge in [-0.25, -0.2) is 9.38 Å². The summed E-state index contributed by atoms with van der Waals surface area (Å²) in [6.45, 7) is 4.36. The monoisotopic (exact) mass is 484 g/mol. The van der Waals surface area contributed by atoms with Crippen molar-refractivity contribution in [1.29, 1.82) is 0 Å². The molecule has 0 heterocycles. The molecule has 0 saturated heterocycles. The van der Waals surface area contributed by atoms with E-state index in [0.29, 0.717) is 31.2 Å². The van der Waals surface area contributed by atoms with Crippen molar-refractivity contribution in [3.05, 3.63) is 71.5 Å². The van der Waals surface area contributed by atoms with E-state index in [9.17, 15) is 9.18 Å². The van der Waals surface area contributed by atoms with Gasteiger partial charge in [0.1, 0.15) is 5.82 Å². The van der Waals surface area contributed by atoms with Crippen LogP contribution in [0, 0.1) is 5.82 Å². The minimum atomic E-state index is -0.332. The summed E-state index contributed by atoms with van der Waals surface area (Å²) in [5, 5.41) is 9.17. The van der Waals surface area contributed by atoms with Gasteiger partial charge in [-0.2, -0.15) is 0 Å². The molecule has 27 heavy (non-hydrogen) atoms. The summed E-state index contributed by atoms with van der Waals surface area (Å²) < 4.78 is 13.1. The first kappa shape index (κ1) is 22.9. The van der Waals surface area contributed by atoms with Gasteiger partial charge >= 0.3 is 0 Å². The molecule has 0 aliphatic rings. The maximum absolute atomic E-state index is 13.1. The summed E-state index contributed by atoms with van der Waals surface area (Å²) in [6.07, 6.45) is 0.167. The fraction of sp³-hybridized carbons (Fsp3) is 0.300. The first-order chi connectivity index (χ1) is 12.7. The van der Waals surface area contributed by atoms with E-state index < -0.39 is 0 Å². The minimum absolute atomic E-state index is 0. The number of nitrogens with zero attached hydrogens (tertiary/aromatic N) is 1. The highest BCUT2D eigenvalue weighted by atomic mass is 127. The lowest BCUT2D eigenvalue weighted by Crippen LogP contribution is -2.41. The highest BCUT2D eigenvalue weighted by Gasteiger charge is 2.04. The molecule has 0 aliphatic carbocycles. The van der Waals surface area contributed by atoms with Crippen LogP contribution in [0.2, 0.25) is 0 Å². The maximum atomic E-state index is 13.1. The standard InChI is InChI=1S/C20H25FN4O.HI/c1-2-22-20(25-15-16-7-4-3-5-8-16)24-12-11-23-19(26)14-17-9-6-10-18(21)13-17;/h3-10,13H,2,11-12,14-15H2,1H3,(H,23,26)(H2,22,24,25);1H. The van der Waals surface area contributed by atoms with Crippen LogP contribution in [0.25, 0.3) is 0 Å². The first-order valence-corrected chi connectivity index (χ1v) is 8.74. The number of nitrogens with one attached hydrogen (secondary N) is 3. The first-order valence-electron chi connectivity index (χ1n) is 8.74. The lowest BCUT2D eigenvalue weighted by Gasteiger charge is -2.12. The van der Waals surface area contributed by atoms with Gasteiger partial charge in [-0.05, 0) is 30.2 Å². The summed E-state index contributed by atoms with van der Waals surface area (Å²) in [5.74, 6) is 0.237. The normalized spacial score (nSPS) is 10.7. The fourth-order valence-electron chi connectivity index (χ4n) is 2.37. The molecule has 0 bridgehead atoms. The van der Waals surface area contributed by atoms with Crippen molar-refractivity contribution in [3.8, 4) is 0 Å². The summed E-state index contributed by atoms with van der Waals surface area (Å²) in [5.41, 5.74) is 1.79. The Morgan fingerprint density at radius 3 is 2.37 bits per heavy atom. The lowest BCUT2D eigenvalue weighted by molar-refractivity contribution is -0.120. The van der Waals surface area contributed by atoms with Crippen LogP contribution in [0.4, 0.5) is 4.39 Å². The van der Waals surface area contributed by atoms with Gasteiger partial charge in [0.25, 0.3) is 0 Å². The van der Waals surface area contributed by atoms with Crippen LogP contribution in [0.1, 0.15) is 18.1 Å². The summed E-state index contributed by atoms with van der Waals surface area (Å²) in [6, 6.07) is 16.1. The highest BCUT2D eigenvalue weighted by Crippen LogP contribution is 2.04. The number of aliphatic imine (C=N–C) groups is 1. The zero-order valence-electron chi connectivity index (χ0n) is 15.4. The SMILES string of the molecule is CCNC(=NCc1ccccc1)NCCNC(=O)Cc1cccc(F)c1.I. The molecule has 2 rings (SSSR count). The number of carbonyl (C=O) groups excluding carboxylic acids is 1. The third-order valence-electron chi connectivity index (χ3n) is 3.60. The van der Waals surface area contributed by atoms with Gasteiger partial charge in [0.2, 0.25) is 5.91 Å². The molecule has 2 aromatic rings. The van der Waals surface area contributed by atoms with Crippen molar-refractivity contribution in [2.45, 2.75) is 19.9 Å². The van der Waals surface area contributed by atoms with Crippen molar-refractivity contribution < 1.29 is 9.18 Å². The average molecular weight is 484 g/mol. The van der Waals surface area contributed by atoms with E-state index >= 15 is 0 Å². The Hall–Kier alpha value is -2.16. The molecule has 0 aliphatic heterocycles. The van der Waals surface area contributed by atoms with Crippen LogP contribution >= 0.6 is 24.0 Å². The molecule has 0 atom stereocenters. The van der Waals surface area contributed by atoms with Crippen molar-refractivity contribution >= 4 is 35.8 Å². The van der Waals surface area contributed by atoms with E-state index in [-0.39, 0.29) is 42.1 Å². The number of carbonyl (C=O) groups is 1. The van der Waals surface area contributed by atoms with Crippen LogP contribution in [0.3, 0.4) is 0 Å². The maximum Gasteiger partial charge on any atom is 0.224 e. The predicted octanol–water partition coefficient (Wildman–Crippen LogP) is 2.86. The van der Waals surface area contributed by atoms with Gasteiger partial charge in [0.05, 0.1) is 13.0 Å². The lowest BCUT2D eigenvalue weighted by atomic mass is 10.1. The second-order valence-corrected chi connectivity index (χ2v) is 5.76. The van der Waals surface area contributed by atoms with Gasteiger partial charge in [0.15, 0.2) is 5.96 Å². The molecule has 3 N–H and O–H groups in total. The molecule has 0 unspecified atom stereocenters. The predicted molar refractivity (Wildman–Crippen MR) is 118 cm³/mol. The van der Waals surface area contributed by atoms with E-state index in [1.54, 1.807) is 12.1 Å². The van der Waals surface area contributed by atoms with Crippen LogP contribution in [0.15, 0.2) is 59.6 Å². The number of rotatable bonds is 8. The topological polar surface area (TPSA) is 65.5 Å². The molecule has 5 nitrogen and oxygen atoms in total. The van der Waals surface area contributed by atoms with Gasteiger partial charge < -0.3 is 16.0 Å². The Labute approximate surface area is 176 Å². The molecule has 2 aromatic carbocycles. The summed E-state index contributed by atoms with van der Waals surface area (Å²) >= 11 is 0. The molecule has 0 aromatic heterocycles. The van der Waals surface area contributed by atoms with Crippen LogP contribution < -0.4 is 16.0 Å². The molecule has 146 valence electrons. The van der Waals surface area contributed by atoms with Crippen molar-refractivity contribution in [3.63, 3.8) is 0 Å². The van der Waals surface area contributed by atoms with Crippen molar-refractivity contribution in [2.75, 3.05) is 19.6 Å². The van der Waals surface area contributed by atoms with E-state index in [4.69, 9.17) is 0 Å². The summed E-state index contributed by atoms with van der Waals surface area (Å²) in [7, 11) is 0. The zero-order valence-corrected chi connectivity index (χ0v) is 17.7. The van der Waals surface area contributed by atoms with Crippen LogP contribution in [-0.4, -0.2) is 31.5 Å². The third kappa shape index (κ3) is 9.37. The Kier molecular flexibility index (Phi) is 11.1. The van der Waals surface area contributed by atoms with E-state index in [1.165, 1.54) is 12.1 Å². The van der Waals surface area contributed by atoms with E-state index in [0.717, 1.165) is 12.1 Å². The van der Waals surface area contributed by atoms with Gasteiger partial charge in [-0.3, -0.25) is 4.79 Å². The zero-order chi connectivity index (χ0) is 18.6. The number of benzene rings is 2. The van der Waals surface area contributed by atoms with Crippen LogP contribution in [-0.2, 0) is 17.8 Å².